The minimum Gasteiger partial charge on any atom is -0.357 e. The van der Waals surface area contributed by atoms with E-state index in [-0.39, 0.29) is 24.0 Å². The average molecular weight is 337 g/mol. The van der Waals surface area contributed by atoms with Crippen molar-refractivity contribution >= 4 is 29.9 Å². The largest absolute Gasteiger partial charge is 0.357 e. The molecule has 0 fully saturated rings. The molecular weight excluding hydrogens is 317 g/mol. The van der Waals surface area contributed by atoms with Gasteiger partial charge in [0.25, 0.3) is 0 Å². The van der Waals surface area contributed by atoms with Crippen LogP contribution in [0.1, 0.15) is 19.5 Å². The van der Waals surface area contributed by atoms with Crippen LogP contribution in [-0.4, -0.2) is 28.8 Å². The van der Waals surface area contributed by atoms with E-state index in [2.05, 4.69) is 34.6 Å². The van der Waals surface area contributed by atoms with Crippen LogP contribution in [0.2, 0.25) is 0 Å². The number of nitrogens with zero attached hydrogens (tertiary/aromatic N) is 3. The summed E-state index contributed by atoms with van der Waals surface area (Å²) in [5.41, 5.74) is 1.10. The number of hydrogen-bond acceptors (Lipinski definition) is 2. The van der Waals surface area contributed by atoms with Gasteiger partial charge in [0, 0.05) is 26.3 Å². The van der Waals surface area contributed by atoms with Crippen molar-refractivity contribution in [1.82, 2.24) is 20.4 Å². The first-order valence-electron chi connectivity index (χ1n) is 5.27. The molecule has 0 aliphatic carbocycles. The lowest BCUT2D eigenvalue weighted by Crippen LogP contribution is -2.37. The van der Waals surface area contributed by atoms with Gasteiger partial charge in [0.15, 0.2) is 5.96 Å². The maximum atomic E-state index is 4.44. The second kappa shape index (κ2) is 8.37. The fourth-order valence-corrected chi connectivity index (χ4v) is 1.23. The molecule has 0 aromatic carbocycles. The Labute approximate surface area is 114 Å². The molecule has 1 aromatic heterocycles. The Hall–Kier alpha value is -0.790. The number of rotatable bonds is 4. The number of aromatic nitrogens is 2. The van der Waals surface area contributed by atoms with Gasteiger partial charge in [-0.15, -0.1) is 24.0 Å². The highest BCUT2D eigenvalue weighted by molar-refractivity contribution is 14.0. The predicted molar refractivity (Wildman–Crippen MR) is 77.1 cm³/mol. The number of halogens is 1. The predicted octanol–water partition coefficient (Wildman–Crippen LogP) is 1.11. The van der Waals surface area contributed by atoms with Crippen molar-refractivity contribution in [2.24, 2.45) is 12.0 Å². The second-order valence-electron chi connectivity index (χ2n) is 3.17. The zero-order chi connectivity index (χ0) is 11.1. The fraction of sp³-hybridized carbons (Fsp3) is 0.600. The molecule has 0 saturated heterocycles. The van der Waals surface area contributed by atoms with Crippen LogP contribution in [0.5, 0.6) is 0 Å². The van der Waals surface area contributed by atoms with Gasteiger partial charge in [0.05, 0.1) is 12.2 Å². The maximum Gasteiger partial charge on any atom is 0.191 e. The van der Waals surface area contributed by atoms with E-state index in [1.165, 1.54) is 0 Å². The topological polar surface area (TPSA) is 54.2 Å². The molecule has 0 atom stereocenters. The van der Waals surface area contributed by atoms with Crippen molar-refractivity contribution in [3.05, 3.63) is 18.0 Å². The molecule has 92 valence electrons. The Morgan fingerprint density at radius 2 is 2.00 bits per heavy atom. The summed E-state index contributed by atoms with van der Waals surface area (Å²) < 4.78 is 1.83. The first kappa shape index (κ1) is 15.2. The Bertz CT molecular complexity index is 313. The normalized spacial score (nSPS) is 9.19. The number of aryl methyl sites for hydroxylation is 1. The second-order valence-corrected chi connectivity index (χ2v) is 3.17. The van der Waals surface area contributed by atoms with Crippen molar-refractivity contribution in [2.75, 3.05) is 13.1 Å². The van der Waals surface area contributed by atoms with E-state index in [4.69, 9.17) is 0 Å². The molecule has 0 saturated carbocycles. The highest BCUT2D eigenvalue weighted by Crippen LogP contribution is 1.97. The number of hydrogen-bond donors (Lipinski definition) is 2. The Morgan fingerprint density at radius 3 is 2.44 bits per heavy atom. The van der Waals surface area contributed by atoms with E-state index < -0.39 is 0 Å². The van der Waals surface area contributed by atoms with Crippen molar-refractivity contribution < 1.29 is 0 Å². The van der Waals surface area contributed by atoms with Gasteiger partial charge in [-0.3, -0.25) is 4.68 Å². The van der Waals surface area contributed by atoms with Crippen LogP contribution in [0.15, 0.2) is 17.3 Å². The van der Waals surface area contributed by atoms with Gasteiger partial charge in [-0.05, 0) is 19.9 Å². The summed E-state index contributed by atoms with van der Waals surface area (Å²) in [6, 6.07) is 1.97. The van der Waals surface area contributed by atoms with Gasteiger partial charge in [-0.1, -0.05) is 0 Å². The van der Waals surface area contributed by atoms with E-state index in [1.807, 2.05) is 17.8 Å². The monoisotopic (exact) mass is 337 g/mol. The molecule has 5 nitrogen and oxygen atoms in total. The van der Waals surface area contributed by atoms with Gasteiger partial charge >= 0.3 is 0 Å². The van der Waals surface area contributed by atoms with Crippen LogP contribution < -0.4 is 10.6 Å². The lowest BCUT2D eigenvalue weighted by atomic mass is 10.4. The quantitative estimate of drug-likeness (QED) is 0.492. The van der Waals surface area contributed by atoms with Crippen LogP contribution in [0.4, 0.5) is 0 Å². The Balaban J connectivity index is 0.00000225. The average Bonchev–Trinajstić information content (AvgIpc) is 2.61. The first-order valence-corrected chi connectivity index (χ1v) is 5.27. The molecule has 0 radical (unpaired) electrons. The molecule has 16 heavy (non-hydrogen) atoms. The summed E-state index contributed by atoms with van der Waals surface area (Å²) in [5, 5.41) is 10.4. The molecular formula is C10H20IN5. The summed E-state index contributed by atoms with van der Waals surface area (Å²) in [4.78, 5) is 4.44. The highest BCUT2D eigenvalue weighted by Gasteiger charge is 1.98. The molecule has 0 spiro atoms. The molecule has 2 N–H and O–H groups in total. The van der Waals surface area contributed by atoms with E-state index in [0.717, 1.165) is 24.7 Å². The molecule has 0 unspecified atom stereocenters. The Morgan fingerprint density at radius 1 is 1.38 bits per heavy atom. The lowest BCUT2D eigenvalue weighted by molar-refractivity contribution is 0.708. The SMILES string of the molecule is CCNC(=NCc1ccnn1C)NCC.I. The smallest absolute Gasteiger partial charge is 0.191 e. The molecule has 1 aromatic rings. The molecule has 1 rings (SSSR count). The molecule has 0 bridgehead atoms. The lowest BCUT2D eigenvalue weighted by Gasteiger charge is -2.08. The zero-order valence-electron chi connectivity index (χ0n) is 10.0. The molecule has 0 aliphatic rings. The minimum atomic E-state index is 0. The third kappa shape index (κ3) is 4.82. The van der Waals surface area contributed by atoms with Crippen LogP contribution in [0.25, 0.3) is 0 Å². The summed E-state index contributed by atoms with van der Waals surface area (Å²) >= 11 is 0. The molecule has 1 heterocycles. The molecule has 0 amide bonds. The summed E-state index contributed by atoms with van der Waals surface area (Å²) in [7, 11) is 1.92. The van der Waals surface area contributed by atoms with Crippen LogP contribution in [-0.2, 0) is 13.6 Å². The fourth-order valence-electron chi connectivity index (χ4n) is 1.23. The van der Waals surface area contributed by atoms with Crippen LogP contribution in [0, 0.1) is 0 Å². The molecule has 6 heteroatoms. The van der Waals surface area contributed by atoms with E-state index in [9.17, 15) is 0 Å². The summed E-state index contributed by atoms with van der Waals surface area (Å²) in [6.45, 7) is 6.49. The van der Waals surface area contributed by atoms with E-state index >= 15 is 0 Å². The first-order chi connectivity index (χ1) is 7.27. The maximum absolute atomic E-state index is 4.44. The van der Waals surface area contributed by atoms with Gasteiger partial charge in [0.2, 0.25) is 0 Å². The third-order valence-electron chi connectivity index (χ3n) is 2.01. The summed E-state index contributed by atoms with van der Waals surface area (Å²) in [6.07, 6.45) is 1.78. The zero-order valence-corrected chi connectivity index (χ0v) is 12.4. The minimum absolute atomic E-state index is 0. The van der Waals surface area contributed by atoms with Crippen LogP contribution in [0.3, 0.4) is 0 Å². The summed E-state index contributed by atoms with van der Waals surface area (Å²) in [5.74, 6) is 0.848. The molecule has 0 aliphatic heterocycles. The third-order valence-corrected chi connectivity index (χ3v) is 2.01. The number of aliphatic imine (C=N–C) groups is 1. The van der Waals surface area contributed by atoms with Gasteiger partial charge < -0.3 is 10.6 Å². The standard InChI is InChI=1S/C10H19N5.HI/c1-4-11-10(12-5-2)13-8-9-6-7-14-15(9)3;/h6-7H,4-5,8H2,1-3H3,(H2,11,12,13);1H. The number of guanidine groups is 1. The van der Waals surface area contributed by atoms with E-state index in [0.29, 0.717) is 6.54 Å². The Kier molecular flexibility index (Phi) is 7.96. The van der Waals surface area contributed by atoms with Crippen molar-refractivity contribution in [1.29, 1.82) is 0 Å². The number of nitrogens with one attached hydrogen (secondary N) is 2. The van der Waals surface area contributed by atoms with Gasteiger partial charge in [0.1, 0.15) is 0 Å². The van der Waals surface area contributed by atoms with Crippen LogP contribution >= 0.6 is 24.0 Å². The van der Waals surface area contributed by atoms with Gasteiger partial charge in [-0.2, -0.15) is 5.10 Å². The van der Waals surface area contributed by atoms with Crippen molar-refractivity contribution in [3.8, 4) is 0 Å². The van der Waals surface area contributed by atoms with Gasteiger partial charge in [-0.25, -0.2) is 4.99 Å². The highest BCUT2D eigenvalue weighted by atomic mass is 127. The van der Waals surface area contributed by atoms with Crippen molar-refractivity contribution in [2.45, 2.75) is 20.4 Å². The van der Waals surface area contributed by atoms with Crippen molar-refractivity contribution in [3.63, 3.8) is 0 Å². The van der Waals surface area contributed by atoms with E-state index in [1.54, 1.807) is 6.20 Å².